The summed E-state index contributed by atoms with van der Waals surface area (Å²) in [5.41, 5.74) is -0.299. The lowest BCUT2D eigenvalue weighted by Gasteiger charge is -2.49. The van der Waals surface area contributed by atoms with Gasteiger partial charge < -0.3 is 15.1 Å². The highest BCUT2D eigenvalue weighted by Crippen LogP contribution is 2.24. The molecular weight excluding hydrogens is 445 g/mol. The highest BCUT2D eigenvalue weighted by Gasteiger charge is 2.40. The smallest absolute Gasteiger partial charge is 0.242 e. The standard InChI is InChI=1S/C14H29N5O3S.HI/c1-11(2)19-12(20)9-18(10-14(19,3)4)13(15-5)16-7-8-17-23(6,21)22;/h11,17H,7-10H2,1-6H3,(H,15,16);1H. The van der Waals surface area contributed by atoms with E-state index in [9.17, 15) is 13.2 Å². The van der Waals surface area contributed by atoms with E-state index in [1.165, 1.54) is 0 Å². The first-order valence-electron chi connectivity index (χ1n) is 7.70. The molecule has 2 N–H and O–H groups in total. The summed E-state index contributed by atoms with van der Waals surface area (Å²) in [6.45, 7) is 9.69. The summed E-state index contributed by atoms with van der Waals surface area (Å²) in [5, 5.41) is 3.09. The Morgan fingerprint density at radius 3 is 2.33 bits per heavy atom. The molecule has 0 saturated carbocycles. The summed E-state index contributed by atoms with van der Waals surface area (Å²) in [6.07, 6.45) is 1.12. The molecule has 10 heteroatoms. The van der Waals surface area contributed by atoms with E-state index in [1.807, 2.05) is 37.5 Å². The Labute approximate surface area is 162 Å². The molecule has 1 aliphatic rings. The molecule has 1 rings (SSSR count). The fourth-order valence-corrected chi connectivity index (χ4v) is 3.53. The first kappa shape index (κ1) is 23.4. The summed E-state index contributed by atoms with van der Waals surface area (Å²) < 4.78 is 24.5. The Bertz CT molecular complexity index is 563. The third kappa shape index (κ3) is 6.71. The van der Waals surface area contributed by atoms with Gasteiger partial charge in [-0.25, -0.2) is 13.1 Å². The molecule has 1 aliphatic heterocycles. The van der Waals surface area contributed by atoms with Crippen LogP contribution in [0.25, 0.3) is 0 Å². The monoisotopic (exact) mass is 475 g/mol. The number of carbonyl (C=O) groups excluding carboxylic acids is 1. The van der Waals surface area contributed by atoms with Crippen molar-refractivity contribution in [3.05, 3.63) is 0 Å². The van der Waals surface area contributed by atoms with Crippen LogP contribution < -0.4 is 10.0 Å². The SMILES string of the molecule is CN=C(NCCNS(C)(=O)=O)N1CC(=O)N(C(C)C)C(C)(C)C1.I. The van der Waals surface area contributed by atoms with Crippen LogP contribution in [0.15, 0.2) is 4.99 Å². The number of sulfonamides is 1. The number of aliphatic imine (C=N–C) groups is 1. The minimum atomic E-state index is -3.20. The highest BCUT2D eigenvalue weighted by molar-refractivity contribution is 14.0. The summed E-state index contributed by atoms with van der Waals surface area (Å²) in [5.74, 6) is 0.665. The molecule has 0 spiro atoms. The highest BCUT2D eigenvalue weighted by atomic mass is 127. The van der Waals surface area contributed by atoms with Gasteiger partial charge in [-0.15, -0.1) is 24.0 Å². The predicted molar refractivity (Wildman–Crippen MR) is 107 cm³/mol. The van der Waals surface area contributed by atoms with Crippen molar-refractivity contribution in [3.8, 4) is 0 Å². The van der Waals surface area contributed by atoms with E-state index in [-0.39, 0.29) is 54.6 Å². The number of nitrogens with zero attached hydrogens (tertiary/aromatic N) is 3. The second-order valence-electron chi connectivity index (χ2n) is 6.67. The number of hydrogen-bond donors (Lipinski definition) is 2. The average molecular weight is 475 g/mol. The maximum Gasteiger partial charge on any atom is 0.242 e. The van der Waals surface area contributed by atoms with Crippen molar-refractivity contribution in [1.29, 1.82) is 0 Å². The first-order chi connectivity index (χ1) is 10.5. The predicted octanol–water partition coefficient (Wildman–Crippen LogP) is 0.0602. The Kier molecular flexibility index (Phi) is 8.94. The molecule has 1 fully saturated rings. The molecule has 1 heterocycles. The Morgan fingerprint density at radius 2 is 1.92 bits per heavy atom. The molecule has 0 atom stereocenters. The van der Waals surface area contributed by atoms with E-state index >= 15 is 0 Å². The van der Waals surface area contributed by atoms with Gasteiger partial charge in [-0.1, -0.05) is 0 Å². The molecule has 0 unspecified atom stereocenters. The zero-order valence-electron chi connectivity index (χ0n) is 15.3. The number of piperazine rings is 1. The van der Waals surface area contributed by atoms with Gasteiger partial charge in [-0.2, -0.15) is 0 Å². The van der Waals surface area contributed by atoms with Crippen LogP contribution in [0.5, 0.6) is 0 Å². The quantitative estimate of drug-likeness (QED) is 0.254. The van der Waals surface area contributed by atoms with Gasteiger partial charge in [0.15, 0.2) is 5.96 Å². The number of nitrogens with one attached hydrogen (secondary N) is 2. The van der Waals surface area contributed by atoms with E-state index in [2.05, 4.69) is 15.0 Å². The third-order valence-corrected chi connectivity index (χ3v) is 4.35. The summed E-state index contributed by atoms with van der Waals surface area (Å²) >= 11 is 0. The van der Waals surface area contributed by atoms with Gasteiger partial charge >= 0.3 is 0 Å². The van der Waals surface area contributed by atoms with Crippen molar-refractivity contribution in [3.63, 3.8) is 0 Å². The van der Waals surface area contributed by atoms with E-state index in [0.29, 0.717) is 19.0 Å². The molecule has 0 radical (unpaired) electrons. The van der Waals surface area contributed by atoms with Crippen molar-refractivity contribution in [2.75, 3.05) is 39.5 Å². The minimum absolute atomic E-state index is 0. The van der Waals surface area contributed by atoms with Crippen LogP contribution in [0.3, 0.4) is 0 Å². The van der Waals surface area contributed by atoms with Gasteiger partial charge in [-0.05, 0) is 27.7 Å². The lowest BCUT2D eigenvalue weighted by molar-refractivity contribution is -0.145. The zero-order chi connectivity index (χ0) is 17.8. The van der Waals surface area contributed by atoms with Gasteiger partial charge in [-0.3, -0.25) is 9.79 Å². The molecule has 0 aliphatic carbocycles. The summed E-state index contributed by atoms with van der Waals surface area (Å²) in [6, 6.07) is 0.147. The first-order valence-corrected chi connectivity index (χ1v) is 9.59. The number of rotatable bonds is 5. The Morgan fingerprint density at radius 1 is 1.33 bits per heavy atom. The molecule has 142 valence electrons. The van der Waals surface area contributed by atoms with Crippen molar-refractivity contribution < 1.29 is 13.2 Å². The molecule has 0 aromatic carbocycles. The number of hydrogen-bond acceptors (Lipinski definition) is 4. The molecule has 0 bridgehead atoms. The fourth-order valence-electron chi connectivity index (χ4n) is 3.06. The van der Waals surface area contributed by atoms with E-state index in [0.717, 1.165) is 6.26 Å². The molecule has 1 saturated heterocycles. The van der Waals surface area contributed by atoms with Crippen LogP contribution in [0, 0.1) is 0 Å². The van der Waals surface area contributed by atoms with Crippen LogP contribution in [-0.2, 0) is 14.8 Å². The minimum Gasteiger partial charge on any atom is -0.355 e. The normalized spacial score (nSPS) is 18.6. The van der Waals surface area contributed by atoms with Crippen LogP contribution in [-0.4, -0.2) is 81.1 Å². The van der Waals surface area contributed by atoms with Gasteiger partial charge in [0.1, 0.15) is 0 Å². The van der Waals surface area contributed by atoms with Crippen molar-refractivity contribution >= 4 is 45.9 Å². The number of halogens is 1. The van der Waals surface area contributed by atoms with Crippen molar-refractivity contribution in [1.82, 2.24) is 19.8 Å². The number of amides is 1. The second-order valence-corrected chi connectivity index (χ2v) is 8.50. The van der Waals surface area contributed by atoms with Gasteiger partial charge in [0.05, 0.1) is 18.3 Å². The maximum atomic E-state index is 12.5. The largest absolute Gasteiger partial charge is 0.355 e. The topological polar surface area (TPSA) is 94.1 Å². The Hall–Kier alpha value is -0.620. The Balaban J connectivity index is 0.00000529. The van der Waals surface area contributed by atoms with Gasteiger partial charge in [0.2, 0.25) is 15.9 Å². The zero-order valence-corrected chi connectivity index (χ0v) is 18.4. The van der Waals surface area contributed by atoms with E-state index in [4.69, 9.17) is 0 Å². The van der Waals surface area contributed by atoms with Crippen LogP contribution in [0.2, 0.25) is 0 Å². The lowest BCUT2D eigenvalue weighted by atomic mass is 9.96. The van der Waals surface area contributed by atoms with Gasteiger partial charge in [0, 0.05) is 32.7 Å². The molecule has 0 aromatic heterocycles. The van der Waals surface area contributed by atoms with E-state index < -0.39 is 10.0 Å². The summed E-state index contributed by atoms with van der Waals surface area (Å²) in [4.78, 5) is 20.5. The third-order valence-electron chi connectivity index (χ3n) is 3.62. The average Bonchev–Trinajstić information content (AvgIpc) is 2.34. The second kappa shape index (κ2) is 9.18. The lowest BCUT2D eigenvalue weighted by Crippen LogP contribution is -2.66. The number of carbonyl (C=O) groups is 1. The van der Waals surface area contributed by atoms with Gasteiger partial charge in [0.25, 0.3) is 0 Å². The molecule has 0 aromatic rings. The van der Waals surface area contributed by atoms with Crippen LogP contribution in [0.4, 0.5) is 0 Å². The number of guanidine groups is 1. The summed E-state index contributed by atoms with van der Waals surface area (Å²) in [7, 11) is -1.55. The molecule has 24 heavy (non-hydrogen) atoms. The van der Waals surface area contributed by atoms with Crippen molar-refractivity contribution in [2.45, 2.75) is 39.3 Å². The van der Waals surface area contributed by atoms with Crippen LogP contribution in [0.1, 0.15) is 27.7 Å². The van der Waals surface area contributed by atoms with Crippen LogP contribution >= 0.6 is 24.0 Å². The molecule has 8 nitrogen and oxygen atoms in total. The maximum absolute atomic E-state index is 12.5. The molecule has 1 amide bonds. The fraction of sp³-hybridized carbons (Fsp3) is 0.857. The van der Waals surface area contributed by atoms with E-state index in [1.54, 1.807) is 7.05 Å². The van der Waals surface area contributed by atoms with Crippen molar-refractivity contribution in [2.24, 2.45) is 4.99 Å². The molecular formula is C14H30IN5O3S.